The number of benzene rings is 1. The Labute approximate surface area is 90.1 Å². The fourth-order valence-corrected chi connectivity index (χ4v) is 2.02. The van der Waals surface area contributed by atoms with Gasteiger partial charge in [-0.3, -0.25) is 4.98 Å². The Morgan fingerprint density at radius 1 is 1.07 bits per heavy atom. The van der Waals surface area contributed by atoms with Crippen LogP contribution in [0.3, 0.4) is 0 Å². The van der Waals surface area contributed by atoms with E-state index in [1.165, 1.54) is 22.1 Å². The summed E-state index contributed by atoms with van der Waals surface area (Å²) in [6.45, 7) is 6.83. The number of fused-ring (bicyclic) bond motifs is 1. The third-order valence-corrected chi connectivity index (χ3v) is 2.73. The van der Waals surface area contributed by atoms with E-state index in [0.29, 0.717) is 6.54 Å². The molecular formula is C13H16N2. The first kappa shape index (κ1) is 10.1. The van der Waals surface area contributed by atoms with Crippen molar-refractivity contribution in [2.24, 2.45) is 5.73 Å². The zero-order chi connectivity index (χ0) is 11.0. The minimum absolute atomic E-state index is 0.587. The first-order valence-electron chi connectivity index (χ1n) is 5.19. The molecule has 0 amide bonds. The summed E-state index contributed by atoms with van der Waals surface area (Å²) in [4.78, 5) is 4.57. The molecule has 0 saturated carbocycles. The highest BCUT2D eigenvalue weighted by molar-refractivity contribution is 5.85. The van der Waals surface area contributed by atoms with Crippen molar-refractivity contribution in [1.29, 1.82) is 0 Å². The Bertz CT molecular complexity index is 515. The lowest BCUT2D eigenvalue weighted by Gasteiger charge is -2.08. The lowest BCUT2D eigenvalue weighted by Crippen LogP contribution is -1.98. The molecule has 1 aromatic heterocycles. The van der Waals surface area contributed by atoms with Crippen LogP contribution in [0.1, 0.15) is 22.4 Å². The van der Waals surface area contributed by atoms with Gasteiger partial charge in [0.05, 0.1) is 5.52 Å². The number of hydrogen-bond donors (Lipinski definition) is 1. The quantitative estimate of drug-likeness (QED) is 0.768. The summed E-state index contributed by atoms with van der Waals surface area (Å²) >= 11 is 0. The Morgan fingerprint density at radius 3 is 2.47 bits per heavy atom. The molecule has 2 nitrogen and oxygen atoms in total. The maximum absolute atomic E-state index is 5.67. The summed E-state index contributed by atoms with van der Waals surface area (Å²) in [6, 6.07) is 6.38. The van der Waals surface area contributed by atoms with Crippen molar-refractivity contribution in [3.8, 4) is 0 Å². The number of hydrogen-bond acceptors (Lipinski definition) is 2. The Morgan fingerprint density at radius 2 is 1.80 bits per heavy atom. The smallest absolute Gasteiger partial charge is 0.0737 e. The lowest BCUT2D eigenvalue weighted by atomic mass is 10.0. The molecule has 0 bridgehead atoms. The highest BCUT2D eigenvalue weighted by Crippen LogP contribution is 2.22. The topological polar surface area (TPSA) is 38.9 Å². The number of pyridine rings is 1. The van der Waals surface area contributed by atoms with Crippen LogP contribution < -0.4 is 5.73 Å². The molecule has 1 aromatic carbocycles. The lowest BCUT2D eigenvalue weighted by molar-refractivity contribution is 1.07. The monoisotopic (exact) mass is 200 g/mol. The highest BCUT2D eigenvalue weighted by atomic mass is 14.7. The number of nitrogens with zero attached hydrogens (tertiary/aromatic N) is 1. The average molecular weight is 200 g/mol. The normalized spacial score (nSPS) is 10.9. The Kier molecular flexibility index (Phi) is 2.45. The van der Waals surface area contributed by atoms with E-state index in [2.05, 4.69) is 37.0 Å². The molecule has 2 heteroatoms. The molecular weight excluding hydrogens is 184 g/mol. The van der Waals surface area contributed by atoms with Crippen LogP contribution in [-0.2, 0) is 6.54 Å². The van der Waals surface area contributed by atoms with Gasteiger partial charge >= 0.3 is 0 Å². The van der Waals surface area contributed by atoms with Crippen molar-refractivity contribution >= 4 is 10.9 Å². The van der Waals surface area contributed by atoms with Gasteiger partial charge in [-0.15, -0.1) is 0 Å². The van der Waals surface area contributed by atoms with E-state index >= 15 is 0 Å². The fraction of sp³-hybridized carbons (Fsp3) is 0.308. The van der Waals surface area contributed by atoms with Crippen LogP contribution in [0.4, 0.5) is 0 Å². The minimum atomic E-state index is 0.587. The second-order valence-electron chi connectivity index (χ2n) is 4.09. The van der Waals surface area contributed by atoms with Crippen LogP contribution in [0.2, 0.25) is 0 Å². The van der Waals surface area contributed by atoms with Gasteiger partial charge in [-0.25, -0.2) is 0 Å². The molecule has 0 atom stereocenters. The molecule has 0 aliphatic rings. The van der Waals surface area contributed by atoms with E-state index in [4.69, 9.17) is 5.73 Å². The van der Waals surface area contributed by atoms with Crippen LogP contribution in [0.15, 0.2) is 18.2 Å². The average Bonchev–Trinajstić information content (AvgIpc) is 2.19. The maximum Gasteiger partial charge on any atom is 0.0737 e. The Hall–Kier alpha value is -1.41. The summed E-state index contributed by atoms with van der Waals surface area (Å²) in [5.74, 6) is 0. The maximum atomic E-state index is 5.67. The van der Waals surface area contributed by atoms with Crippen LogP contribution in [0, 0.1) is 20.8 Å². The Balaban J connectivity index is 2.85. The third-order valence-electron chi connectivity index (χ3n) is 2.73. The predicted octanol–water partition coefficient (Wildman–Crippen LogP) is 2.62. The van der Waals surface area contributed by atoms with Crippen molar-refractivity contribution in [3.05, 3.63) is 40.6 Å². The van der Waals surface area contributed by atoms with E-state index in [1.54, 1.807) is 0 Å². The van der Waals surface area contributed by atoms with Crippen LogP contribution in [0.5, 0.6) is 0 Å². The van der Waals surface area contributed by atoms with Gasteiger partial charge in [0.1, 0.15) is 0 Å². The molecule has 0 saturated heterocycles. The molecule has 0 fully saturated rings. The first-order chi connectivity index (χ1) is 7.11. The zero-order valence-electron chi connectivity index (χ0n) is 9.46. The summed E-state index contributed by atoms with van der Waals surface area (Å²) < 4.78 is 0. The molecule has 0 aliphatic heterocycles. The molecule has 78 valence electrons. The van der Waals surface area contributed by atoms with E-state index in [0.717, 1.165) is 11.2 Å². The largest absolute Gasteiger partial charge is 0.326 e. The summed E-state index contributed by atoms with van der Waals surface area (Å²) in [5, 5.41) is 1.22. The second kappa shape index (κ2) is 3.63. The summed E-state index contributed by atoms with van der Waals surface area (Å²) in [6.07, 6.45) is 0. The van der Waals surface area contributed by atoms with Gasteiger partial charge in [0, 0.05) is 17.6 Å². The van der Waals surface area contributed by atoms with Gasteiger partial charge in [-0.1, -0.05) is 6.07 Å². The number of aromatic nitrogens is 1. The predicted molar refractivity (Wildman–Crippen MR) is 63.8 cm³/mol. The van der Waals surface area contributed by atoms with Gasteiger partial charge in [-0.05, 0) is 49.6 Å². The van der Waals surface area contributed by atoms with E-state index in [9.17, 15) is 0 Å². The molecule has 0 radical (unpaired) electrons. The SMILES string of the molecule is Cc1cc(C)c2cc(CN)cc(C)c2n1. The molecule has 2 aromatic rings. The van der Waals surface area contributed by atoms with Gasteiger partial charge in [0.15, 0.2) is 0 Å². The van der Waals surface area contributed by atoms with E-state index in [1.807, 2.05) is 6.92 Å². The van der Waals surface area contributed by atoms with E-state index < -0.39 is 0 Å². The van der Waals surface area contributed by atoms with Crippen molar-refractivity contribution in [2.45, 2.75) is 27.3 Å². The van der Waals surface area contributed by atoms with Crippen molar-refractivity contribution in [2.75, 3.05) is 0 Å². The van der Waals surface area contributed by atoms with Crippen molar-refractivity contribution in [3.63, 3.8) is 0 Å². The molecule has 1 heterocycles. The van der Waals surface area contributed by atoms with Gasteiger partial charge in [0.2, 0.25) is 0 Å². The molecule has 2 N–H and O–H groups in total. The van der Waals surface area contributed by atoms with Crippen molar-refractivity contribution < 1.29 is 0 Å². The van der Waals surface area contributed by atoms with E-state index in [-0.39, 0.29) is 0 Å². The van der Waals surface area contributed by atoms with Gasteiger partial charge in [0.25, 0.3) is 0 Å². The third kappa shape index (κ3) is 1.73. The second-order valence-corrected chi connectivity index (χ2v) is 4.09. The number of aryl methyl sites for hydroxylation is 3. The number of nitrogens with two attached hydrogens (primary N) is 1. The fourth-order valence-electron chi connectivity index (χ4n) is 2.02. The van der Waals surface area contributed by atoms with Gasteiger partial charge in [-0.2, -0.15) is 0 Å². The standard InChI is InChI=1S/C13H16N2/c1-8-4-10(3)15-13-9(2)5-11(7-14)6-12(8)13/h4-6H,7,14H2,1-3H3. The van der Waals surface area contributed by atoms with Crippen molar-refractivity contribution in [1.82, 2.24) is 4.98 Å². The summed E-state index contributed by atoms with van der Waals surface area (Å²) in [5.41, 5.74) is 11.5. The number of rotatable bonds is 1. The highest BCUT2D eigenvalue weighted by Gasteiger charge is 2.04. The van der Waals surface area contributed by atoms with Crippen LogP contribution in [-0.4, -0.2) is 4.98 Å². The molecule has 2 rings (SSSR count). The molecule has 0 aliphatic carbocycles. The summed E-state index contributed by atoms with van der Waals surface area (Å²) in [7, 11) is 0. The minimum Gasteiger partial charge on any atom is -0.326 e. The first-order valence-corrected chi connectivity index (χ1v) is 5.19. The van der Waals surface area contributed by atoms with Crippen LogP contribution in [0.25, 0.3) is 10.9 Å². The molecule has 0 unspecified atom stereocenters. The zero-order valence-corrected chi connectivity index (χ0v) is 9.46. The van der Waals surface area contributed by atoms with Crippen LogP contribution >= 0.6 is 0 Å². The van der Waals surface area contributed by atoms with Gasteiger partial charge < -0.3 is 5.73 Å². The molecule has 0 spiro atoms. The molecule has 15 heavy (non-hydrogen) atoms.